The highest BCUT2D eigenvalue weighted by atomic mass is 16.1. The smallest absolute Gasteiger partial charge is 0.255 e. The Morgan fingerprint density at radius 2 is 1.73 bits per heavy atom. The molecule has 0 aliphatic heterocycles. The topological polar surface area (TPSA) is 63.1 Å². The van der Waals surface area contributed by atoms with E-state index in [0.29, 0.717) is 17.9 Å². The van der Waals surface area contributed by atoms with E-state index in [1.807, 2.05) is 85.2 Å². The van der Waals surface area contributed by atoms with Crippen molar-refractivity contribution in [3.8, 4) is 11.3 Å². The number of benzene rings is 2. The molecular formula is C24H25N5O. The number of rotatable bonds is 5. The van der Waals surface area contributed by atoms with Gasteiger partial charge in [-0.2, -0.15) is 0 Å². The van der Waals surface area contributed by atoms with E-state index in [1.165, 1.54) is 0 Å². The number of nitrogens with one attached hydrogen (secondary N) is 1. The Morgan fingerprint density at radius 1 is 1.00 bits per heavy atom. The molecule has 0 bridgehead atoms. The number of nitrogens with zero attached hydrogens (tertiary/aromatic N) is 4. The Balaban J connectivity index is 1.60. The summed E-state index contributed by atoms with van der Waals surface area (Å²) in [4.78, 5) is 24.2. The molecule has 0 atom stereocenters. The number of amides is 1. The maximum absolute atomic E-state index is 13.0. The van der Waals surface area contributed by atoms with Crippen LogP contribution >= 0.6 is 0 Å². The fourth-order valence-electron chi connectivity index (χ4n) is 3.58. The second-order valence-electron chi connectivity index (χ2n) is 7.54. The summed E-state index contributed by atoms with van der Waals surface area (Å²) < 4.78 is 2.00. The van der Waals surface area contributed by atoms with Crippen LogP contribution < -0.4 is 10.2 Å². The third kappa shape index (κ3) is 3.64. The van der Waals surface area contributed by atoms with Gasteiger partial charge in [-0.25, -0.2) is 9.97 Å². The number of carbonyl (C=O) groups is 1. The Hall–Kier alpha value is -3.67. The molecule has 0 radical (unpaired) electrons. The van der Waals surface area contributed by atoms with E-state index in [2.05, 4.69) is 23.3 Å². The molecule has 0 saturated heterocycles. The van der Waals surface area contributed by atoms with Crippen molar-refractivity contribution >= 4 is 22.8 Å². The maximum atomic E-state index is 13.0. The lowest BCUT2D eigenvalue weighted by Gasteiger charge is -2.18. The molecule has 1 N–H and O–H groups in total. The molecule has 2 aromatic carbocycles. The molecule has 152 valence electrons. The van der Waals surface area contributed by atoms with Crippen molar-refractivity contribution in [2.24, 2.45) is 7.05 Å². The summed E-state index contributed by atoms with van der Waals surface area (Å²) in [6, 6.07) is 19.8. The van der Waals surface area contributed by atoms with Gasteiger partial charge in [0.1, 0.15) is 11.6 Å². The number of hydrogen-bond acceptors (Lipinski definition) is 4. The van der Waals surface area contributed by atoms with E-state index in [9.17, 15) is 4.79 Å². The van der Waals surface area contributed by atoms with Crippen molar-refractivity contribution in [3.05, 3.63) is 77.6 Å². The van der Waals surface area contributed by atoms with E-state index in [0.717, 1.165) is 33.7 Å². The second-order valence-corrected chi connectivity index (χ2v) is 7.54. The van der Waals surface area contributed by atoms with Crippen LogP contribution in [0, 0.1) is 6.92 Å². The van der Waals surface area contributed by atoms with Gasteiger partial charge in [-0.15, -0.1) is 0 Å². The number of pyridine rings is 1. The molecule has 6 nitrogen and oxygen atoms in total. The number of aryl methyl sites for hydroxylation is 2. The molecule has 2 aromatic heterocycles. The lowest BCUT2D eigenvalue weighted by atomic mass is 10.0. The van der Waals surface area contributed by atoms with Crippen LogP contribution in [0.25, 0.3) is 22.3 Å². The van der Waals surface area contributed by atoms with Gasteiger partial charge in [0.15, 0.2) is 0 Å². The van der Waals surface area contributed by atoms with Gasteiger partial charge in [0.05, 0.1) is 28.8 Å². The summed E-state index contributed by atoms with van der Waals surface area (Å²) in [5.74, 6) is 1.27. The predicted octanol–water partition coefficient (Wildman–Crippen LogP) is 3.94. The highest BCUT2D eigenvalue weighted by Gasteiger charge is 2.17. The number of imidazole rings is 1. The summed E-state index contributed by atoms with van der Waals surface area (Å²) in [6.07, 6.45) is 0. The summed E-state index contributed by atoms with van der Waals surface area (Å²) in [5.41, 5.74) is 5.56. The molecule has 6 heteroatoms. The van der Waals surface area contributed by atoms with E-state index in [1.54, 1.807) is 0 Å². The molecule has 0 fully saturated rings. The molecule has 0 unspecified atom stereocenters. The Labute approximate surface area is 176 Å². The van der Waals surface area contributed by atoms with Crippen LogP contribution in [0.2, 0.25) is 0 Å². The molecule has 0 saturated carbocycles. The number of para-hydroxylation sites is 2. The quantitative estimate of drug-likeness (QED) is 0.552. The number of fused-ring (bicyclic) bond motifs is 1. The first-order chi connectivity index (χ1) is 14.5. The zero-order chi connectivity index (χ0) is 21.3. The average molecular weight is 399 g/mol. The molecule has 1 amide bonds. The van der Waals surface area contributed by atoms with Crippen LogP contribution in [-0.2, 0) is 13.6 Å². The molecular weight excluding hydrogens is 374 g/mol. The third-order valence-electron chi connectivity index (χ3n) is 5.25. The van der Waals surface area contributed by atoms with Gasteiger partial charge in [0.2, 0.25) is 0 Å². The molecule has 2 heterocycles. The zero-order valence-electron chi connectivity index (χ0n) is 17.7. The second kappa shape index (κ2) is 7.99. The van der Waals surface area contributed by atoms with Crippen LogP contribution in [0.3, 0.4) is 0 Å². The minimum absolute atomic E-state index is 0.172. The first kappa shape index (κ1) is 19.6. The monoisotopic (exact) mass is 399 g/mol. The Morgan fingerprint density at radius 3 is 2.47 bits per heavy atom. The molecule has 0 aliphatic carbocycles. The highest BCUT2D eigenvalue weighted by Crippen LogP contribution is 2.26. The van der Waals surface area contributed by atoms with Gasteiger partial charge in [-0.05, 0) is 36.8 Å². The van der Waals surface area contributed by atoms with Gasteiger partial charge >= 0.3 is 0 Å². The first-order valence-corrected chi connectivity index (χ1v) is 9.88. The molecule has 30 heavy (non-hydrogen) atoms. The van der Waals surface area contributed by atoms with Crippen LogP contribution in [0.4, 0.5) is 5.82 Å². The summed E-state index contributed by atoms with van der Waals surface area (Å²) in [6.45, 7) is 2.40. The molecule has 0 aliphatic rings. The summed E-state index contributed by atoms with van der Waals surface area (Å²) >= 11 is 0. The summed E-state index contributed by atoms with van der Waals surface area (Å²) in [7, 11) is 5.75. The van der Waals surface area contributed by atoms with Crippen LogP contribution in [0.15, 0.2) is 60.7 Å². The lowest BCUT2D eigenvalue weighted by Crippen LogP contribution is -2.27. The van der Waals surface area contributed by atoms with Crippen molar-refractivity contribution in [2.75, 3.05) is 19.0 Å². The standard InChI is InChI=1S/C24H25N5O/c1-16-9-5-6-10-17(16)19-14-13-18(23(27-19)28(2)3)24(30)25-15-22-26-20-11-7-8-12-21(20)29(22)4/h5-14H,15H2,1-4H3,(H,25,30). The van der Waals surface area contributed by atoms with Gasteiger partial charge in [-0.1, -0.05) is 36.4 Å². The van der Waals surface area contributed by atoms with Gasteiger partial charge in [0.25, 0.3) is 5.91 Å². The van der Waals surface area contributed by atoms with Crippen LogP contribution in [-0.4, -0.2) is 34.5 Å². The van der Waals surface area contributed by atoms with Crippen molar-refractivity contribution in [2.45, 2.75) is 13.5 Å². The maximum Gasteiger partial charge on any atom is 0.255 e. The van der Waals surface area contributed by atoms with E-state index >= 15 is 0 Å². The average Bonchev–Trinajstić information content (AvgIpc) is 3.08. The van der Waals surface area contributed by atoms with Crippen molar-refractivity contribution in [1.82, 2.24) is 19.9 Å². The first-order valence-electron chi connectivity index (χ1n) is 9.88. The van der Waals surface area contributed by atoms with Gasteiger partial charge in [0, 0.05) is 26.7 Å². The van der Waals surface area contributed by atoms with Crippen LogP contribution in [0.1, 0.15) is 21.7 Å². The zero-order valence-corrected chi connectivity index (χ0v) is 17.7. The van der Waals surface area contributed by atoms with Crippen molar-refractivity contribution in [3.63, 3.8) is 0 Å². The Kier molecular flexibility index (Phi) is 5.23. The highest BCUT2D eigenvalue weighted by molar-refractivity contribution is 5.99. The number of aromatic nitrogens is 3. The fraction of sp³-hybridized carbons (Fsp3) is 0.208. The number of carbonyl (C=O) groups excluding carboxylic acids is 1. The largest absolute Gasteiger partial charge is 0.362 e. The van der Waals surface area contributed by atoms with Crippen molar-refractivity contribution < 1.29 is 4.79 Å². The van der Waals surface area contributed by atoms with Crippen LogP contribution in [0.5, 0.6) is 0 Å². The predicted molar refractivity (Wildman–Crippen MR) is 121 cm³/mol. The third-order valence-corrected chi connectivity index (χ3v) is 5.25. The molecule has 4 rings (SSSR count). The SMILES string of the molecule is Cc1ccccc1-c1ccc(C(=O)NCc2nc3ccccc3n2C)c(N(C)C)n1. The Bertz CT molecular complexity index is 1230. The number of hydrogen-bond donors (Lipinski definition) is 1. The molecule has 0 spiro atoms. The lowest BCUT2D eigenvalue weighted by molar-refractivity contribution is 0.0950. The van der Waals surface area contributed by atoms with Crippen molar-refractivity contribution in [1.29, 1.82) is 0 Å². The van der Waals surface area contributed by atoms with Gasteiger partial charge < -0.3 is 14.8 Å². The van der Waals surface area contributed by atoms with E-state index < -0.39 is 0 Å². The minimum Gasteiger partial charge on any atom is -0.362 e. The van der Waals surface area contributed by atoms with E-state index in [-0.39, 0.29) is 5.91 Å². The summed E-state index contributed by atoms with van der Waals surface area (Å²) in [5, 5.41) is 2.99. The molecule has 4 aromatic rings. The number of anilines is 1. The fourth-order valence-corrected chi connectivity index (χ4v) is 3.58. The normalized spacial score (nSPS) is 10.9. The van der Waals surface area contributed by atoms with Gasteiger partial charge in [-0.3, -0.25) is 4.79 Å². The minimum atomic E-state index is -0.172. The van der Waals surface area contributed by atoms with E-state index in [4.69, 9.17) is 4.98 Å².